The summed E-state index contributed by atoms with van der Waals surface area (Å²) < 4.78 is 44.9. The van der Waals surface area contributed by atoms with Crippen molar-refractivity contribution in [3.05, 3.63) is 59.4 Å². The van der Waals surface area contributed by atoms with Crippen molar-refractivity contribution < 1.29 is 22.3 Å². The Balaban J connectivity index is 2.02. The molecule has 2 aromatic rings. The number of nitrogens with zero attached hydrogens (tertiary/aromatic N) is 1. The van der Waals surface area contributed by atoms with Crippen LogP contribution in [0.2, 0.25) is 0 Å². The van der Waals surface area contributed by atoms with E-state index in [9.17, 15) is 17.6 Å². The van der Waals surface area contributed by atoms with Crippen LogP contribution >= 0.6 is 0 Å². The van der Waals surface area contributed by atoms with E-state index in [1.807, 2.05) is 32.0 Å². The van der Waals surface area contributed by atoms with Crippen LogP contribution in [-0.4, -0.2) is 39.8 Å². The second-order valence-corrected chi connectivity index (χ2v) is 8.38. The van der Waals surface area contributed by atoms with Gasteiger partial charge in [-0.1, -0.05) is 24.3 Å². The third-order valence-electron chi connectivity index (χ3n) is 4.39. The molecule has 2 aromatic carbocycles. The first-order chi connectivity index (χ1) is 13.1. The lowest BCUT2D eigenvalue weighted by molar-refractivity contribution is -0.121. The average molecular weight is 408 g/mol. The van der Waals surface area contributed by atoms with Crippen LogP contribution < -0.4 is 14.4 Å². The van der Waals surface area contributed by atoms with E-state index in [0.29, 0.717) is 0 Å². The Hall–Kier alpha value is -2.61. The summed E-state index contributed by atoms with van der Waals surface area (Å²) in [6.07, 6.45) is 0.937. The number of sulfonamides is 1. The number of aryl methyl sites for hydroxylation is 1. The number of hydrogen-bond donors (Lipinski definition) is 1. The average Bonchev–Trinajstić information content (AvgIpc) is 2.62. The minimum absolute atomic E-state index is 0.167. The molecule has 0 fully saturated rings. The fraction of sp³-hybridized carbons (Fsp3) is 0.350. The smallest absolute Gasteiger partial charge is 0.243 e. The molecule has 152 valence electrons. The van der Waals surface area contributed by atoms with E-state index in [0.717, 1.165) is 33.5 Å². The number of carbonyl (C=O) groups excluding carboxylic acids is 1. The second kappa shape index (κ2) is 9.05. The summed E-state index contributed by atoms with van der Waals surface area (Å²) in [6.45, 7) is 5.75. The minimum atomic E-state index is -3.87. The summed E-state index contributed by atoms with van der Waals surface area (Å²) in [5.41, 5.74) is 1.95. The molecule has 8 heteroatoms. The lowest BCUT2D eigenvalue weighted by atomic mass is 10.1. The standard InChI is InChI=1S/C20H25FN2O4S/c1-14-8-7-11-19(15(14)2)27-13-12-22-20(24)16(3)23(28(4,25)26)18-10-6-5-9-17(18)21/h5-11,16H,12-13H2,1-4H3,(H,22,24). The van der Waals surface area contributed by atoms with Crippen molar-refractivity contribution in [1.82, 2.24) is 5.32 Å². The zero-order valence-electron chi connectivity index (χ0n) is 16.4. The van der Waals surface area contributed by atoms with E-state index in [2.05, 4.69) is 5.32 Å². The van der Waals surface area contributed by atoms with Crippen LogP contribution in [0.3, 0.4) is 0 Å². The molecule has 1 atom stereocenters. The highest BCUT2D eigenvalue weighted by atomic mass is 32.2. The summed E-state index contributed by atoms with van der Waals surface area (Å²) in [4.78, 5) is 12.5. The summed E-state index contributed by atoms with van der Waals surface area (Å²) in [6, 6.07) is 10.0. The fourth-order valence-corrected chi connectivity index (χ4v) is 3.95. The predicted octanol–water partition coefficient (Wildman–Crippen LogP) is 2.79. The Bertz CT molecular complexity index is 947. The number of anilines is 1. The van der Waals surface area contributed by atoms with Gasteiger partial charge in [-0.05, 0) is 50.1 Å². The van der Waals surface area contributed by atoms with E-state index in [-0.39, 0.29) is 18.8 Å². The molecule has 0 bridgehead atoms. The number of rotatable bonds is 8. The van der Waals surface area contributed by atoms with E-state index in [4.69, 9.17) is 4.74 Å². The number of para-hydroxylation sites is 1. The molecule has 1 unspecified atom stereocenters. The van der Waals surface area contributed by atoms with Gasteiger partial charge in [-0.3, -0.25) is 9.10 Å². The van der Waals surface area contributed by atoms with Crippen LogP contribution in [-0.2, 0) is 14.8 Å². The maximum atomic E-state index is 14.1. The molecule has 0 saturated heterocycles. The van der Waals surface area contributed by atoms with Gasteiger partial charge < -0.3 is 10.1 Å². The summed E-state index contributed by atoms with van der Waals surface area (Å²) in [5.74, 6) is -0.532. The summed E-state index contributed by atoms with van der Waals surface area (Å²) >= 11 is 0. The maximum absolute atomic E-state index is 14.1. The molecular weight excluding hydrogens is 383 g/mol. The molecule has 1 amide bonds. The van der Waals surface area contributed by atoms with Crippen LogP contribution in [0.15, 0.2) is 42.5 Å². The highest BCUT2D eigenvalue weighted by Crippen LogP contribution is 2.24. The first-order valence-corrected chi connectivity index (χ1v) is 10.7. The molecule has 0 aromatic heterocycles. The van der Waals surface area contributed by atoms with Gasteiger partial charge in [-0.2, -0.15) is 0 Å². The van der Waals surface area contributed by atoms with Gasteiger partial charge in [0.25, 0.3) is 0 Å². The van der Waals surface area contributed by atoms with E-state index < -0.39 is 27.8 Å². The van der Waals surface area contributed by atoms with E-state index in [1.165, 1.54) is 25.1 Å². The van der Waals surface area contributed by atoms with Crippen molar-refractivity contribution in [2.75, 3.05) is 23.7 Å². The van der Waals surface area contributed by atoms with Crippen LogP contribution in [0, 0.1) is 19.7 Å². The zero-order chi connectivity index (χ0) is 20.9. The van der Waals surface area contributed by atoms with Crippen molar-refractivity contribution in [3.63, 3.8) is 0 Å². The van der Waals surface area contributed by atoms with E-state index >= 15 is 0 Å². The van der Waals surface area contributed by atoms with Crippen LogP contribution in [0.4, 0.5) is 10.1 Å². The van der Waals surface area contributed by atoms with Crippen molar-refractivity contribution in [3.8, 4) is 5.75 Å². The predicted molar refractivity (Wildman–Crippen MR) is 108 cm³/mol. The van der Waals surface area contributed by atoms with Gasteiger partial charge in [0.1, 0.15) is 24.2 Å². The fourth-order valence-electron chi connectivity index (χ4n) is 2.77. The Morgan fingerprint density at radius 3 is 2.50 bits per heavy atom. The normalized spacial score (nSPS) is 12.3. The van der Waals surface area contributed by atoms with E-state index in [1.54, 1.807) is 0 Å². The molecule has 0 radical (unpaired) electrons. The molecular formula is C20H25FN2O4S. The number of amides is 1. The van der Waals surface area contributed by atoms with Gasteiger partial charge in [-0.15, -0.1) is 0 Å². The quantitative estimate of drug-likeness (QED) is 0.682. The first kappa shape index (κ1) is 21.7. The van der Waals surface area contributed by atoms with Crippen molar-refractivity contribution in [1.29, 1.82) is 0 Å². The lowest BCUT2D eigenvalue weighted by Gasteiger charge is -2.28. The highest BCUT2D eigenvalue weighted by molar-refractivity contribution is 7.92. The number of ether oxygens (including phenoxy) is 1. The number of halogens is 1. The summed E-state index contributed by atoms with van der Waals surface area (Å²) in [7, 11) is -3.87. The molecule has 0 aliphatic rings. The molecule has 0 spiro atoms. The topological polar surface area (TPSA) is 75.7 Å². The number of benzene rings is 2. The number of nitrogens with one attached hydrogen (secondary N) is 1. The molecule has 0 aliphatic heterocycles. The molecule has 0 aliphatic carbocycles. The third kappa shape index (κ3) is 5.22. The molecule has 28 heavy (non-hydrogen) atoms. The van der Waals surface area contributed by atoms with Gasteiger partial charge in [0.15, 0.2) is 0 Å². The Morgan fingerprint density at radius 1 is 1.18 bits per heavy atom. The largest absolute Gasteiger partial charge is 0.491 e. The maximum Gasteiger partial charge on any atom is 0.243 e. The second-order valence-electron chi connectivity index (χ2n) is 6.52. The van der Waals surface area contributed by atoms with Gasteiger partial charge in [0, 0.05) is 0 Å². The van der Waals surface area contributed by atoms with Crippen molar-refractivity contribution in [2.24, 2.45) is 0 Å². The Kier molecular flexibility index (Phi) is 7.01. The Labute approximate surface area is 165 Å². The highest BCUT2D eigenvalue weighted by Gasteiger charge is 2.30. The third-order valence-corrected chi connectivity index (χ3v) is 5.62. The van der Waals surface area contributed by atoms with Crippen molar-refractivity contribution in [2.45, 2.75) is 26.8 Å². The molecule has 0 saturated carbocycles. The molecule has 6 nitrogen and oxygen atoms in total. The van der Waals surface area contributed by atoms with Crippen LogP contribution in [0.25, 0.3) is 0 Å². The number of hydrogen-bond acceptors (Lipinski definition) is 4. The monoisotopic (exact) mass is 408 g/mol. The SMILES string of the molecule is Cc1cccc(OCCNC(=O)C(C)N(c2ccccc2F)S(C)(=O)=O)c1C. The first-order valence-electron chi connectivity index (χ1n) is 8.83. The van der Waals surface area contributed by atoms with Gasteiger partial charge >= 0.3 is 0 Å². The zero-order valence-corrected chi connectivity index (χ0v) is 17.2. The summed E-state index contributed by atoms with van der Waals surface area (Å²) in [5, 5.41) is 2.64. The van der Waals surface area contributed by atoms with Gasteiger partial charge in [-0.25, -0.2) is 12.8 Å². The number of carbonyl (C=O) groups is 1. The van der Waals surface area contributed by atoms with Gasteiger partial charge in [0.05, 0.1) is 18.5 Å². The van der Waals surface area contributed by atoms with Gasteiger partial charge in [0.2, 0.25) is 15.9 Å². The lowest BCUT2D eigenvalue weighted by Crippen LogP contribution is -2.48. The minimum Gasteiger partial charge on any atom is -0.491 e. The van der Waals surface area contributed by atoms with Crippen LogP contribution in [0.1, 0.15) is 18.1 Å². The van der Waals surface area contributed by atoms with Crippen LogP contribution in [0.5, 0.6) is 5.75 Å². The van der Waals surface area contributed by atoms with Crippen molar-refractivity contribution >= 4 is 21.6 Å². The molecule has 0 heterocycles. The Morgan fingerprint density at radius 2 is 1.86 bits per heavy atom. The molecule has 1 N–H and O–H groups in total. The molecule has 2 rings (SSSR count).